The first kappa shape index (κ1) is 34.3. The molecule has 0 unspecified atom stereocenters. The number of hydrogen-bond donors (Lipinski definition) is 3. The Labute approximate surface area is 306 Å². The van der Waals surface area contributed by atoms with Gasteiger partial charge in [0.25, 0.3) is 0 Å². The molecular formula is C42H36BNO9. The van der Waals surface area contributed by atoms with Gasteiger partial charge >= 0.3 is 7.12 Å². The number of ketones is 2. The van der Waals surface area contributed by atoms with Gasteiger partial charge in [-0.2, -0.15) is 0 Å². The lowest BCUT2D eigenvalue weighted by atomic mass is 9.44. The molecule has 266 valence electrons. The van der Waals surface area contributed by atoms with Gasteiger partial charge in [-0.15, -0.1) is 0 Å². The van der Waals surface area contributed by atoms with Crippen LogP contribution < -0.4 is 19.8 Å². The van der Waals surface area contributed by atoms with Gasteiger partial charge in [0.2, 0.25) is 17.6 Å². The Kier molecular flexibility index (Phi) is 8.43. The molecule has 0 bridgehead atoms. The van der Waals surface area contributed by atoms with Crippen LogP contribution in [0.5, 0.6) is 17.2 Å². The van der Waals surface area contributed by atoms with Crippen molar-refractivity contribution in [1.82, 2.24) is 0 Å². The summed E-state index contributed by atoms with van der Waals surface area (Å²) in [7, 11) is 1.02. The van der Waals surface area contributed by atoms with E-state index in [1.165, 1.54) is 32.4 Å². The van der Waals surface area contributed by atoms with Gasteiger partial charge in [-0.1, -0.05) is 84.4 Å². The number of phenols is 1. The molecule has 2 amide bonds. The number of imide groups is 1. The second-order valence-electron chi connectivity index (χ2n) is 14.0. The van der Waals surface area contributed by atoms with E-state index in [4.69, 9.17) is 9.47 Å². The van der Waals surface area contributed by atoms with Crippen LogP contribution in [0.15, 0.2) is 115 Å². The maximum Gasteiger partial charge on any atom is 0.488 e. The zero-order chi connectivity index (χ0) is 37.2. The van der Waals surface area contributed by atoms with Crippen molar-refractivity contribution in [3.8, 4) is 17.2 Å². The van der Waals surface area contributed by atoms with Crippen LogP contribution in [0.4, 0.5) is 5.69 Å². The van der Waals surface area contributed by atoms with Gasteiger partial charge in [-0.3, -0.25) is 24.1 Å². The number of carbonyl (C=O) groups is 4. The third-order valence-electron chi connectivity index (χ3n) is 11.6. The van der Waals surface area contributed by atoms with E-state index in [2.05, 4.69) is 0 Å². The van der Waals surface area contributed by atoms with Gasteiger partial charge in [0.15, 0.2) is 23.1 Å². The van der Waals surface area contributed by atoms with Crippen molar-refractivity contribution >= 4 is 47.2 Å². The fourth-order valence-corrected chi connectivity index (χ4v) is 9.41. The average Bonchev–Trinajstić information content (AvgIpc) is 3.44. The summed E-state index contributed by atoms with van der Waals surface area (Å²) in [5.74, 6) is -5.46. The number of fused-ring (bicyclic) bond motifs is 4. The van der Waals surface area contributed by atoms with Gasteiger partial charge in [0, 0.05) is 17.4 Å². The summed E-state index contributed by atoms with van der Waals surface area (Å²) in [5.41, 5.74) is 1.65. The quantitative estimate of drug-likeness (QED) is 0.146. The van der Waals surface area contributed by atoms with Crippen LogP contribution in [-0.2, 0) is 24.6 Å². The molecule has 1 saturated carbocycles. The lowest BCUT2D eigenvalue weighted by Crippen LogP contribution is -2.58. The van der Waals surface area contributed by atoms with E-state index in [0.717, 1.165) is 10.5 Å². The largest absolute Gasteiger partial charge is 0.502 e. The van der Waals surface area contributed by atoms with E-state index in [0.29, 0.717) is 16.7 Å². The van der Waals surface area contributed by atoms with Crippen molar-refractivity contribution < 1.29 is 43.8 Å². The Hall–Kier alpha value is -5.78. The highest BCUT2D eigenvalue weighted by Crippen LogP contribution is 2.64. The molecule has 0 aromatic heterocycles. The number of methoxy groups -OCH3 is 2. The number of benzene rings is 4. The molecule has 2 fully saturated rings. The molecule has 10 nitrogen and oxygen atoms in total. The molecule has 53 heavy (non-hydrogen) atoms. The van der Waals surface area contributed by atoms with Gasteiger partial charge in [-0.25, -0.2) is 0 Å². The zero-order valence-electron chi connectivity index (χ0n) is 29.0. The first-order chi connectivity index (χ1) is 25.6. The van der Waals surface area contributed by atoms with Crippen LogP contribution >= 0.6 is 0 Å². The fourth-order valence-electron chi connectivity index (χ4n) is 9.41. The number of amides is 2. The zero-order valence-corrected chi connectivity index (χ0v) is 29.0. The van der Waals surface area contributed by atoms with E-state index < -0.39 is 53.9 Å². The highest BCUT2D eigenvalue weighted by Gasteiger charge is 2.66. The summed E-state index contributed by atoms with van der Waals surface area (Å²) in [4.78, 5) is 60.3. The second-order valence-corrected chi connectivity index (χ2v) is 14.0. The number of rotatable bonds is 7. The minimum atomic E-state index is -1.80. The van der Waals surface area contributed by atoms with E-state index in [1.807, 2.05) is 42.5 Å². The van der Waals surface area contributed by atoms with Crippen molar-refractivity contribution in [2.45, 2.75) is 24.2 Å². The summed E-state index contributed by atoms with van der Waals surface area (Å²) in [6, 6.07) is 27.5. The number of hydrogen-bond acceptors (Lipinski definition) is 9. The van der Waals surface area contributed by atoms with Gasteiger partial charge in [0.1, 0.15) is 0 Å². The molecule has 11 heteroatoms. The Morgan fingerprint density at radius 3 is 2.09 bits per heavy atom. The summed E-state index contributed by atoms with van der Waals surface area (Å²) in [6.07, 6.45) is 3.71. The molecule has 0 radical (unpaired) electrons. The van der Waals surface area contributed by atoms with Crippen LogP contribution in [0.3, 0.4) is 0 Å². The molecule has 0 spiro atoms. The number of carbonyl (C=O) groups excluding carboxylic acids is 4. The number of anilines is 1. The van der Waals surface area contributed by atoms with Crippen molar-refractivity contribution in [3.63, 3.8) is 0 Å². The monoisotopic (exact) mass is 709 g/mol. The molecule has 4 aliphatic rings. The minimum Gasteiger partial charge on any atom is -0.502 e. The Morgan fingerprint density at radius 1 is 0.792 bits per heavy atom. The van der Waals surface area contributed by atoms with Crippen LogP contribution in [0, 0.1) is 23.7 Å². The predicted octanol–water partition coefficient (Wildman–Crippen LogP) is 4.12. The van der Waals surface area contributed by atoms with Crippen LogP contribution in [-0.4, -0.2) is 59.9 Å². The Morgan fingerprint density at radius 2 is 1.45 bits per heavy atom. The minimum absolute atomic E-state index is 0.106. The van der Waals surface area contributed by atoms with Crippen molar-refractivity contribution in [1.29, 1.82) is 0 Å². The maximum atomic E-state index is 15.2. The summed E-state index contributed by atoms with van der Waals surface area (Å²) < 4.78 is 11.2. The van der Waals surface area contributed by atoms with Crippen LogP contribution in [0.2, 0.25) is 0 Å². The van der Waals surface area contributed by atoms with Crippen molar-refractivity contribution in [2.75, 3.05) is 19.1 Å². The summed E-state index contributed by atoms with van der Waals surface area (Å²) >= 11 is 0. The van der Waals surface area contributed by atoms with E-state index >= 15 is 9.59 Å². The van der Waals surface area contributed by atoms with Crippen LogP contribution in [0.1, 0.15) is 35.4 Å². The van der Waals surface area contributed by atoms with Gasteiger partial charge in [-0.05, 0) is 71.3 Å². The van der Waals surface area contributed by atoms with Crippen LogP contribution in [0.25, 0.3) is 5.57 Å². The summed E-state index contributed by atoms with van der Waals surface area (Å²) in [6.45, 7) is 0. The molecule has 3 N–H and O–H groups in total. The molecule has 8 rings (SSSR count). The second kappa shape index (κ2) is 13.0. The maximum absolute atomic E-state index is 15.2. The average molecular weight is 710 g/mol. The Bertz CT molecular complexity index is 2210. The SMILES string of the molecule is COc1cc([C@H]2C3=CC[C@@H]4C(=O)N(c5cccc(B(O)O)c5)C(=O)[C@@H]4[C@@H]3C[C@H]3C(=O)C(c4ccccc4)=CC(=O)[C@@]23c2ccccc2)cc(OC)c1O. The van der Waals surface area contributed by atoms with E-state index in [-0.39, 0.29) is 58.4 Å². The van der Waals surface area contributed by atoms with Gasteiger partial charge < -0.3 is 24.6 Å². The Balaban J connectivity index is 1.37. The molecular weight excluding hydrogens is 673 g/mol. The highest BCUT2D eigenvalue weighted by molar-refractivity contribution is 6.58. The number of ether oxygens (including phenoxy) is 2. The normalized spacial score (nSPS) is 26.3. The lowest BCUT2D eigenvalue weighted by Gasteiger charge is -2.55. The number of allylic oxidation sites excluding steroid dienone is 4. The van der Waals surface area contributed by atoms with Crippen molar-refractivity contribution in [3.05, 3.63) is 131 Å². The van der Waals surface area contributed by atoms with E-state index in [9.17, 15) is 24.7 Å². The number of phenolic OH excluding ortho intramolecular Hbond substituents is 1. The first-order valence-corrected chi connectivity index (χ1v) is 17.5. The van der Waals surface area contributed by atoms with E-state index in [1.54, 1.807) is 48.5 Å². The third-order valence-corrected chi connectivity index (χ3v) is 11.6. The molecule has 3 aliphatic carbocycles. The summed E-state index contributed by atoms with van der Waals surface area (Å²) in [5, 5.41) is 30.7. The molecule has 1 saturated heterocycles. The topological polar surface area (TPSA) is 151 Å². The number of nitrogens with zero attached hydrogens (tertiary/aromatic N) is 1. The predicted molar refractivity (Wildman–Crippen MR) is 197 cm³/mol. The van der Waals surface area contributed by atoms with Gasteiger partial charge in [0.05, 0.1) is 37.2 Å². The fraction of sp³-hybridized carbons (Fsp3) is 0.238. The molecule has 4 aromatic rings. The smallest absolute Gasteiger partial charge is 0.488 e. The molecule has 6 atom stereocenters. The molecule has 4 aromatic carbocycles. The van der Waals surface area contributed by atoms with Crippen molar-refractivity contribution in [2.24, 2.45) is 23.7 Å². The molecule has 1 aliphatic heterocycles. The molecule has 1 heterocycles. The first-order valence-electron chi connectivity index (χ1n) is 17.5. The lowest BCUT2D eigenvalue weighted by molar-refractivity contribution is -0.135. The standard InChI is InChI=1S/C42H36BNO9/c1-52-33-18-24(19-34(53-2)39(33)47)37-28-16-17-29-36(41(49)44(40(29)48)27-15-9-14-26(20-27)43(50)51)31(28)21-32-38(46)30(23-10-5-3-6-11-23)22-35(45)42(32,37)25-12-7-4-8-13-25/h3-16,18-20,22,29,31-32,36-37,47,50-51H,17,21H2,1-2H3/t29-,31+,32-,36-,37-,42-/m0/s1. The number of Topliss-reactive ketones (excluding diaryl/α,β-unsaturated/α-hetero) is 1. The highest BCUT2D eigenvalue weighted by atomic mass is 16.5. The third kappa shape index (κ3) is 5.09. The number of aromatic hydroxyl groups is 1.